The summed E-state index contributed by atoms with van der Waals surface area (Å²) in [5.74, 6) is 1.99. The average Bonchev–Trinajstić information content (AvgIpc) is 3.07. The summed E-state index contributed by atoms with van der Waals surface area (Å²) >= 11 is 0. The standard InChI is InChI=1S/C24H40N2O2/c1-6-26(7-2)22(28)17-15-24(4)19-12-14-23(3)13-8-9-18(23)16(19)10-11-20(24)25(5)21(17)27/h16-20H,6-15H2,1-5H3/t16-,17?,18-,19-,20?,23-,24+/m0/s1. The zero-order valence-electron chi connectivity index (χ0n) is 18.7. The molecule has 7 atom stereocenters. The van der Waals surface area contributed by atoms with Gasteiger partial charge < -0.3 is 9.80 Å². The SMILES string of the molecule is CCN(CC)C(=O)C1C[C@@]2(C)C(CC[C@H]3[C@@H]4CCC[C@@]4(C)CC[C@@H]32)N(C)C1=O. The molecule has 0 radical (unpaired) electrons. The summed E-state index contributed by atoms with van der Waals surface area (Å²) in [6.45, 7) is 10.4. The van der Waals surface area contributed by atoms with E-state index in [0.29, 0.717) is 30.5 Å². The van der Waals surface area contributed by atoms with E-state index in [2.05, 4.69) is 13.8 Å². The van der Waals surface area contributed by atoms with Crippen LogP contribution in [0.5, 0.6) is 0 Å². The van der Waals surface area contributed by atoms with Crippen LogP contribution in [-0.4, -0.2) is 47.8 Å². The van der Waals surface area contributed by atoms with Crippen molar-refractivity contribution in [2.45, 2.75) is 85.1 Å². The molecule has 0 spiro atoms. The molecule has 2 amide bonds. The lowest BCUT2D eigenvalue weighted by Gasteiger charge is -2.62. The molecule has 158 valence electrons. The van der Waals surface area contributed by atoms with Crippen LogP contribution in [0.3, 0.4) is 0 Å². The van der Waals surface area contributed by atoms with Gasteiger partial charge in [0, 0.05) is 26.2 Å². The van der Waals surface area contributed by atoms with E-state index < -0.39 is 5.92 Å². The van der Waals surface area contributed by atoms with E-state index in [1.54, 1.807) is 0 Å². The Kier molecular flexibility index (Phi) is 5.07. The third-order valence-corrected chi connectivity index (χ3v) is 9.73. The predicted octanol–water partition coefficient (Wildman–Crippen LogP) is 4.33. The molecule has 0 aromatic rings. The quantitative estimate of drug-likeness (QED) is 0.675. The average molecular weight is 389 g/mol. The monoisotopic (exact) mass is 388 g/mol. The van der Waals surface area contributed by atoms with Crippen LogP contribution in [0.1, 0.15) is 79.1 Å². The molecule has 3 saturated carbocycles. The van der Waals surface area contributed by atoms with Crippen LogP contribution >= 0.6 is 0 Å². The maximum Gasteiger partial charge on any atom is 0.235 e. The van der Waals surface area contributed by atoms with Crippen LogP contribution in [0.25, 0.3) is 0 Å². The molecule has 1 heterocycles. The maximum absolute atomic E-state index is 13.2. The second-order valence-electron chi connectivity index (χ2n) is 10.8. The van der Waals surface area contributed by atoms with Crippen LogP contribution in [0, 0.1) is 34.5 Å². The van der Waals surface area contributed by atoms with Gasteiger partial charge in [-0.2, -0.15) is 0 Å². The largest absolute Gasteiger partial charge is 0.343 e. The maximum atomic E-state index is 13.2. The molecule has 0 aromatic carbocycles. The Morgan fingerprint density at radius 2 is 1.79 bits per heavy atom. The van der Waals surface area contributed by atoms with Crippen LogP contribution < -0.4 is 0 Å². The Morgan fingerprint density at radius 1 is 1.07 bits per heavy atom. The first-order valence-electron chi connectivity index (χ1n) is 11.8. The van der Waals surface area contributed by atoms with E-state index in [1.807, 2.05) is 30.7 Å². The van der Waals surface area contributed by atoms with E-state index in [-0.39, 0.29) is 17.2 Å². The summed E-state index contributed by atoms with van der Waals surface area (Å²) in [6.07, 6.45) is 9.99. The van der Waals surface area contributed by atoms with Crippen LogP contribution in [0.15, 0.2) is 0 Å². The molecule has 0 aromatic heterocycles. The van der Waals surface area contributed by atoms with E-state index >= 15 is 0 Å². The van der Waals surface area contributed by atoms with Gasteiger partial charge in [0.05, 0.1) is 0 Å². The number of carbonyl (C=O) groups excluding carboxylic acids is 2. The van der Waals surface area contributed by atoms with E-state index in [9.17, 15) is 9.59 Å². The Morgan fingerprint density at radius 3 is 2.46 bits per heavy atom. The number of nitrogens with zero attached hydrogens (tertiary/aromatic N) is 2. The fourth-order valence-corrected chi connectivity index (χ4v) is 8.23. The van der Waals surface area contributed by atoms with Crippen molar-refractivity contribution in [3.63, 3.8) is 0 Å². The molecule has 0 bridgehead atoms. The van der Waals surface area contributed by atoms with Crippen molar-refractivity contribution in [3.8, 4) is 0 Å². The number of hydrogen-bond donors (Lipinski definition) is 0. The number of carbonyl (C=O) groups is 2. The minimum absolute atomic E-state index is 0.0603. The molecule has 4 rings (SSSR count). The fraction of sp³-hybridized carbons (Fsp3) is 0.917. The zero-order chi connectivity index (χ0) is 20.3. The van der Waals surface area contributed by atoms with Gasteiger partial charge in [-0.25, -0.2) is 0 Å². The van der Waals surface area contributed by atoms with Gasteiger partial charge in [0.25, 0.3) is 0 Å². The smallest absolute Gasteiger partial charge is 0.235 e. The molecular weight excluding hydrogens is 348 g/mol. The molecule has 4 nitrogen and oxygen atoms in total. The van der Waals surface area contributed by atoms with Crippen molar-refractivity contribution in [1.29, 1.82) is 0 Å². The van der Waals surface area contributed by atoms with Crippen LogP contribution in [-0.2, 0) is 9.59 Å². The number of rotatable bonds is 3. The first-order valence-corrected chi connectivity index (χ1v) is 11.8. The predicted molar refractivity (Wildman–Crippen MR) is 112 cm³/mol. The van der Waals surface area contributed by atoms with Gasteiger partial charge in [0.15, 0.2) is 0 Å². The number of hydrogen-bond acceptors (Lipinski definition) is 2. The molecule has 4 aliphatic rings. The Balaban J connectivity index is 1.64. The topological polar surface area (TPSA) is 40.6 Å². The summed E-state index contributed by atoms with van der Waals surface area (Å²) in [5, 5.41) is 0. The number of piperidine rings is 1. The minimum atomic E-state index is -0.471. The molecule has 28 heavy (non-hydrogen) atoms. The van der Waals surface area contributed by atoms with Gasteiger partial charge in [0.2, 0.25) is 11.8 Å². The van der Waals surface area contributed by atoms with E-state index in [4.69, 9.17) is 0 Å². The molecule has 4 fully saturated rings. The minimum Gasteiger partial charge on any atom is -0.343 e. The molecule has 3 aliphatic carbocycles. The van der Waals surface area contributed by atoms with Gasteiger partial charge in [0.1, 0.15) is 5.92 Å². The van der Waals surface area contributed by atoms with Crippen molar-refractivity contribution in [1.82, 2.24) is 9.80 Å². The third kappa shape index (κ3) is 2.76. The van der Waals surface area contributed by atoms with Gasteiger partial charge in [-0.05, 0) is 87.4 Å². The molecule has 1 aliphatic heterocycles. The van der Waals surface area contributed by atoms with Crippen molar-refractivity contribution >= 4 is 11.8 Å². The fourth-order valence-electron chi connectivity index (χ4n) is 8.23. The van der Waals surface area contributed by atoms with Crippen LogP contribution in [0.4, 0.5) is 0 Å². The van der Waals surface area contributed by atoms with Crippen molar-refractivity contribution in [2.24, 2.45) is 34.5 Å². The van der Waals surface area contributed by atoms with Crippen LogP contribution in [0.2, 0.25) is 0 Å². The van der Waals surface area contributed by atoms with Gasteiger partial charge >= 0.3 is 0 Å². The number of likely N-dealkylation sites (tertiary alicyclic amines) is 1. The second-order valence-corrected chi connectivity index (χ2v) is 10.8. The molecular formula is C24H40N2O2. The van der Waals surface area contributed by atoms with Crippen molar-refractivity contribution in [3.05, 3.63) is 0 Å². The summed E-state index contributed by atoms with van der Waals surface area (Å²) in [5.41, 5.74) is 0.639. The molecule has 4 heteroatoms. The summed E-state index contributed by atoms with van der Waals surface area (Å²) in [4.78, 5) is 30.2. The number of fused-ring (bicyclic) bond motifs is 5. The molecule has 0 N–H and O–H groups in total. The van der Waals surface area contributed by atoms with Gasteiger partial charge in [-0.3, -0.25) is 9.59 Å². The van der Waals surface area contributed by atoms with Gasteiger partial charge in [-0.1, -0.05) is 20.3 Å². The molecule has 1 saturated heterocycles. The van der Waals surface area contributed by atoms with Crippen molar-refractivity contribution in [2.75, 3.05) is 20.1 Å². The zero-order valence-corrected chi connectivity index (χ0v) is 18.7. The first-order chi connectivity index (χ1) is 13.3. The Bertz CT molecular complexity index is 645. The summed E-state index contributed by atoms with van der Waals surface area (Å²) in [7, 11) is 1.97. The van der Waals surface area contributed by atoms with Gasteiger partial charge in [-0.15, -0.1) is 0 Å². The van der Waals surface area contributed by atoms with E-state index in [1.165, 1.54) is 38.5 Å². The highest BCUT2D eigenvalue weighted by atomic mass is 16.2. The molecule has 2 unspecified atom stereocenters. The second kappa shape index (κ2) is 7.02. The lowest BCUT2D eigenvalue weighted by atomic mass is 9.47. The Hall–Kier alpha value is -1.06. The third-order valence-electron chi connectivity index (χ3n) is 9.73. The summed E-state index contributed by atoms with van der Waals surface area (Å²) < 4.78 is 0. The summed E-state index contributed by atoms with van der Waals surface area (Å²) in [6, 6.07) is 0.313. The van der Waals surface area contributed by atoms with Crippen molar-refractivity contribution < 1.29 is 9.59 Å². The van der Waals surface area contributed by atoms with E-state index in [0.717, 1.165) is 24.7 Å². The highest BCUT2D eigenvalue weighted by Crippen LogP contribution is 2.65. The first kappa shape index (κ1) is 20.2. The highest BCUT2D eigenvalue weighted by molar-refractivity contribution is 6.01. The Labute approximate surface area is 171 Å². The lowest BCUT2D eigenvalue weighted by molar-refractivity contribution is -0.172. The lowest BCUT2D eigenvalue weighted by Crippen LogP contribution is -2.64. The number of amides is 2. The normalized spacial score (nSPS) is 45.2. The highest BCUT2D eigenvalue weighted by Gasteiger charge is 2.61.